The number of hydrogen-bond acceptors (Lipinski definition) is 1. The lowest BCUT2D eigenvalue weighted by Crippen LogP contribution is -2.20. The maximum absolute atomic E-state index is 6.12. The lowest BCUT2D eigenvalue weighted by Gasteiger charge is -2.32. The van der Waals surface area contributed by atoms with Crippen LogP contribution in [-0.4, -0.2) is 6.61 Å². The zero-order chi connectivity index (χ0) is 21.0. The van der Waals surface area contributed by atoms with E-state index in [-0.39, 0.29) is 0 Å². The molecule has 1 aromatic rings. The molecule has 30 heavy (non-hydrogen) atoms. The molecule has 2 unspecified atom stereocenters. The molecule has 2 atom stereocenters. The van der Waals surface area contributed by atoms with Crippen molar-refractivity contribution in [3.63, 3.8) is 0 Å². The van der Waals surface area contributed by atoms with Gasteiger partial charge in [0, 0.05) is 0 Å². The zero-order valence-corrected chi connectivity index (χ0v) is 20.0. The fourth-order valence-electron chi connectivity index (χ4n) is 6.15. The van der Waals surface area contributed by atoms with Gasteiger partial charge in [-0.3, -0.25) is 0 Å². The van der Waals surface area contributed by atoms with Crippen LogP contribution in [0.4, 0.5) is 0 Å². The molecule has 2 aliphatic rings. The molecule has 0 aliphatic heterocycles. The third kappa shape index (κ3) is 7.61. The Labute approximate surface area is 187 Å². The van der Waals surface area contributed by atoms with Crippen molar-refractivity contribution in [2.45, 2.75) is 122 Å². The van der Waals surface area contributed by atoms with Crippen molar-refractivity contribution < 1.29 is 4.74 Å². The fourth-order valence-corrected chi connectivity index (χ4v) is 6.15. The molecule has 0 spiro atoms. The standard InChI is InChI=1S/C29H48O/c1-3-5-6-7-11-25-12-8-9-13-26(25)14-10-23-30-29-21-19-28(20-22-29)27-17-15-24(4-2)16-18-27/h19-22,24-27H,3-18,23H2,1-2H3. The first-order valence-electron chi connectivity index (χ1n) is 13.5. The molecule has 0 saturated heterocycles. The van der Waals surface area contributed by atoms with Crippen molar-refractivity contribution in [1.82, 2.24) is 0 Å². The summed E-state index contributed by atoms with van der Waals surface area (Å²) in [6.45, 7) is 5.55. The van der Waals surface area contributed by atoms with Gasteiger partial charge in [-0.2, -0.15) is 0 Å². The lowest BCUT2D eigenvalue weighted by atomic mass is 9.74. The normalized spacial score (nSPS) is 27.1. The van der Waals surface area contributed by atoms with E-state index in [0.717, 1.165) is 36.0 Å². The summed E-state index contributed by atoms with van der Waals surface area (Å²) in [5.41, 5.74) is 1.53. The average molecular weight is 413 g/mol. The summed E-state index contributed by atoms with van der Waals surface area (Å²) in [4.78, 5) is 0. The van der Waals surface area contributed by atoms with Crippen molar-refractivity contribution in [1.29, 1.82) is 0 Å². The van der Waals surface area contributed by atoms with Crippen molar-refractivity contribution >= 4 is 0 Å². The molecule has 1 nitrogen and oxygen atoms in total. The molecular formula is C29H48O. The summed E-state index contributed by atoms with van der Waals surface area (Å²) in [6.07, 6.45) is 22.6. The SMILES string of the molecule is CCCCCCC1CCCCC1CCCOc1ccc(C2CCC(CC)CC2)cc1. The summed E-state index contributed by atoms with van der Waals surface area (Å²) in [6, 6.07) is 9.11. The second-order valence-electron chi connectivity index (χ2n) is 10.3. The second kappa shape index (κ2) is 13.4. The third-order valence-corrected chi connectivity index (χ3v) is 8.26. The molecule has 0 amide bonds. The number of rotatable bonds is 12. The van der Waals surface area contributed by atoms with E-state index in [2.05, 4.69) is 38.1 Å². The van der Waals surface area contributed by atoms with Gasteiger partial charge in [-0.1, -0.05) is 90.2 Å². The topological polar surface area (TPSA) is 9.23 Å². The minimum absolute atomic E-state index is 0.780. The van der Waals surface area contributed by atoms with Gasteiger partial charge in [-0.05, 0) is 79.9 Å². The molecule has 2 aliphatic carbocycles. The molecule has 0 aromatic heterocycles. The van der Waals surface area contributed by atoms with Crippen LogP contribution in [0.3, 0.4) is 0 Å². The zero-order valence-electron chi connectivity index (χ0n) is 20.0. The van der Waals surface area contributed by atoms with Crippen LogP contribution in [0.15, 0.2) is 24.3 Å². The van der Waals surface area contributed by atoms with Gasteiger partial charge in [-0.25, -0.2) is 0 Å². The van der Waals surface area contributed by atoms with Gasteiger partial charge in [0.2, 0.25) is 0 Å². The predicted octanol–water partition coefficient (Wildman–Crippen LogP) is 9.31. The molecule has 170 valence electrons. The summed E-state index contributed by atoms with van der Waals surface area (Å²) in [7, 11) is 0. The van der Waals surface area contributed by atoms with Crippen LogP contribution in [0.25, 0.3) is 0 Å². The van der Waals surface area contributed by atoms with Crippen LogP contribution in [0.5, 0.6) is 5.75 Å². The highest BCUT2D eigenvalue weighted by atomic mass is 16.5. The average Bonchev–Trinajstić information content (AvgIpc) is 2.81. The van der Waals surface area contributed by atoms with Crippen LogP contribution >= 0.6 is 0 Å². The second-order valence-corrected chi connectivity index (χ2v) is 10.3. The van der Waals surface area contributed by atoms with Crippen molar-refractivity contribution in [2.24, 2.45) is 17.8 Å². The number of ether oxygens (including phenoxy) is 1. The molecular weight excluding hydrogens is 364 g/mol. The van der Waals surface area contributed by atoms with Crippen LogP contribution < -0.4 is 4.74 Å². The highest BCUT2D eigenvalue weighted by Gasteiger charge is 2.24. The van der Waals surface area contributed by atoms with E-state index in [4.69, 9.17) is 4.74 Å². The van der Waals surface area contributed by atoms with E-state index in [1.54, 1.807) is 0 Å². The van der Waals surface area contributed by atoms with Crippen molar-refractivity contribution in [3.8, 4) is 5.75 Å². The first-order valence-corrected chi connectivity index (χ1v) is 13.5. The maximum Gasteiger partial charge on any atom is 0.119 e. The largest absolute Gasteiger partial charge is 0.494 e. The number of unbranched alkanes of at least 4 members (excludes halogenated alkanes) is 3. The molecule has 3 rings (SSSR count). The molecule has 1 heteroatoms. The predicted molar refractivity (Wildman–Crippen MR) is 130 cm³/mol. The highest BCUT2D eigenvalue weighted by Crippen LogP contribution is 2.38. The molecule has 0 radical (unpaired) electrons. The first-order chi connectivity index (χ1) is 14.8. The Morgan fingerprint density at radius 2 is 1.40 bits per heavy atom. The summed E-state index contributed by atoms with van der Waals surface area (Å²) in [5.74, 6) is 4.79. The Kier molecular flexibility index (Phi) is 10.6. The maximum atomic E-state index is 6.12. The van der Waals surface area contributed by atoms with E-state index in [9.17, 15) is 0 Å². The Morgan fingerprint density at radius 1 is 0.733 bits per heavy atom. The fraction of sp³-hybridized carbons (Fsp3) is 0.793. The summed E-state index contributed by atoms with van der Waals surface area (Å²) >= 11 is 0. The molecule has 1 aromatic carbocycles. The van der Waals surface area contributed by atoms with E-state index < -0.39 is 0 Å². The van der Waals surface area contributed by atoms with E-state index in [1.165, 1.54) is 108 Å². The Hall–Kier alpha value is -0.980. The van der Waals surface area contributed by atoms with Gasteiger partial charge in [0.1, 0.15) is 5.75 Å². The Bertz CT molecular complexity index is 554. The van der Waals surface area contributed by atoms with E-state index in [1.807, 2.05) is 0 Å². The quantitative estimate of drug-likeness (QED) is 0.311. The Morgan fingerprint density at radius 3 is 2.03 bits per heavy atom. The summed E-state index contributed by atoms with van der Waals surface area (Å²) < 4.78 is 6.12. The van der Waals surface area contributed by atoms with Crippen LogP contribution in [0.2, 0.25) is 0 Å². The number of benzene rings is 1. The van der Waals surface area contributed by atoms with Crippen molar-refractivity contribution in [3.05, 3.63) is 29.8 Å². The molecule has 2 saturated carbocycles. The van der Waals surface area contributed by atoms with Gasteiger partial charge >= 0.3 is 0 Å². The van der Waals surface area contributed by atoms with Gasteiger partial charge in [0.15, 0.2) is 0 Å². The number of hydrogen-bond donors (Lipinski definition) is 0. The van der Waals surface area contributed by atoms with Crippen LogP contribution in [0, 0.1) is 17.8 Å². The lowest BCUT2D eigenvalue weighted by molar-refractivity contribution is 0.190. The van der Waals surface area contributed by atoms with Gasteiger partial charge in [0.05, 0.1) is 6.61 Å². The Balaban J connectivity index is 1.34. The highest BCUT2D eigenvalue weighted by molar-refractivity contribution is 5.29. The van der Waals surface area contributed by atoms with E-state index in [0.29, 0.717) is 0 Å². The summed E-state index contributed by atoms with van der Waals surface area (Å²) in [5, 5.41) is 0. The van der Waals surface area contributed by atoms with E-state index >= 15 is 0 Å². The molecule has 0 N–H and O–H groups in total. The van der Waals surface area contributed by atoms with Gasteiger partial charge < -0.3 is 4.74 Å². The molecule has 2 fully saturated rings. The van der Waals surface area contributed by atoms with Crippen LogP contribution in [0.1, 0.15) is 128 Å². The van der Waals surface area contributed by atoms with Crippen LogP contribution in [-0.2, 0) is 0 Å². The first kappa shape index (κ1) is 23.7. The van der Waals surface area contributed by atoms with Crippen molar-refractivity contribution in [2.75, 3.05) is 6.61 Å². The van der Waals surface area contributed by atoms with Gasteiger partial charge in [-0.15, -0.1) is 0 Å². The monoisotopic (exact) mass is 412 g/mol. The molecule has 0 heterocycles. The third-order valence-electron chi connectivity index (χ3n) is 8.26. The minimum atomic E-state index is 0.780. The molecule has 0 bridgehead atoms. The van der Waals surface area contributed by atoms with Gasteiger partial charge in [0.25, 0.3) is 0 Å². The minimum Gasteiger partial charge on any atom is -0.494 e. The smallest absolute Gasteiger partial charge is 0.119 e.